The fraction of sp³-hybridized carbons (Fsp3) is 0.211. The minimum absolute atomic E-state index is 0.111. The van der Waals surface area contributed by atoms with Gasteiger partial charge >= 0.3 is 0 Å². The monoisotopic (exact) mass is 386 g/mol. The minimum Gasteiger partial charge on any atom is -0.325 e. The number of anilines is 1. The molecule has 0 saturated carbocycles. The highest BCUT2D eigenvalue weighted by molar-refractivity contribution is 8.00. The first kappa shape index (κ1) is 18.5. The summed E-state index contributed by atoms with van der Waals surface area (Å²) in [5.74, 6) is 0.664. The van der Waals surface area contributed by atoms with Crippen molar-refractivity contribution in [2.24, 2.45) is 0 Å². The first-order valence-corrected chi connectivity index (χ1v) is 9.43. The molecule has 0 aliphatic carbocycles. The number of nitrogens with one attached hydrogen (secondary N) is 1. The number of aromatic nitrogens is 3. The van der Waals surface area contributed by atoms with Gasteiger partial charge in [0.05, 0.1) is 5.25 Å². The summed E-state index contributed by atoms with van der Waals surface area (Å²) in [6.45, 7) is 5.62. The van der Waals surface area contributed by atoms with Crippen molar-refractivity contribution in [3.8, 4) is 5.69 Å². The molecule has 1 N–H and O–H groups in total. The van der Waals surface area contributed by atoms with Crippen LogP contribution in [0.25, 0.3) is 5.69 Å². The Morgan fingerprint density at radius 1 is 1.12 bits per heavy atom. The third kappa shape index (κ3) is 3.92. The van der Waals surface area contributed by atoms with Crippen LogP contribution >= 0.6 is 23.4 Å². The van der Waals surface area contributed by atoms with E-state index in [1.165, 1.54) is 11.8 Å². The number of rotatable bonds is 5. The van der Waals surface area contributed by atoms with Crippen LogP contribution < -0.4 is 5.32 Å². The molecule has 1 amide bonds. The molecule has 3 rings (SSSR count). The molecule has 0 aliphatic heterocycles. The second-order valence-corrected chi connectivity index (χ2v) is 7.58. The number of hydrogen-bond donors (Lipinski definition) is 1. The summed E-state index contributed by atoms with van der Waals surface area (Å²) in [4.78, 5) is 12.6. The zero-order valence-corrected chi connectivity index (χ0v) is 16.3. The molecule has 0 fully saturated rings. The van der Waals surface area contributed by atoms with Crippen LogP contribution in [0.1, 0.15) is 18.3 Å². The maximum Gasteiger partial charge on any atom is 0.237 e. The third-order valence-corrected chi connectivity index (χ3v) is 5.44. The van der Waals surface area contributed by atoms with Crippen molar-refractivity contribution in [3.05, 3.63) is 64.9 Å². The Kier molecular flexibility index (Phi) is 5.64. The van der Waals surface area contributed by atoms with Crippen LogP contribution in [0, 0.1) is 13.8 Å². The van der Waals surface area contributed by atoms with Gasteiger partial charge in [0.2, 0.25) is 5.91 Å². The van der Waals surface area contributed by atoms with Crippen molar-refractivity contribution in [1.29, 1.82) is 0 Å². The van der Waals surface area contributed by atoms with Crippen molar-refractivity contribution in [3.63, 3.8) is 0 Å². The smallest absolute Gasteiger partial charge is 0.237 e. The number of halogens is 1. The number of para-hydroxylation sites is 1. The van der Waals surface area contributed by atoms with Gasteiger partial charge in [-0.15, -0.1) is 10.2 Å². The number of carbonyl (C=O) groups excluding carboxylic acids is 1. The highest BCUT2D eigenvalue weighted by atomic mass is 35.5. The molecule has 3 aromatic rings. The van der Waals surface area contributed by atoms with Gasteiger partial charge < -0.3 is 5.32 Å². The Balaban J connectivity index is 1.77. The standard InChI is InChI=1S/C19H19ClN4OS/c1-12-16(20)10-7-11-17(12)21-18(25)13(2)26-19-23-22-14(3)24(19)15-8-5-4-6-9-15/h4-11,13H,1-3H3,(H,21,25)/t13-/m1/s1. The predicted molar refractivity (Wildman–Crippen MR) is 106 cm³/mol. The van der Waals surface area contributed by atoms with Gasteiger partial charge in [0.15, 0.2) is 5.16 Å². The van der Waals surface area contributed by atoms with E-state index >= 15 is 0 Å². The van der Waals surface area contributed by atoms with E-state index in [0.717, 1.165) is 22.8 Å². The van der Waals surface area contributed by atoms with Gasteiger partial charge in [-0.2, -0.15) is 0 Å². The SMILES string of the molecule is Cc1c(Cl)cccc1NC(=O)[C@@H](C)Sc1nnc(C)n1-c1ccccc1. The summed E-state index contributed by atoms with van der Waals surface area (Å²) in [5.41, 5.74) is 2.54. The Hall–Kier alpha value is -2.31. The molecule has 1 aromatic heterocycles. The number of aryl methyl sites for hydroxylation is 1. The molecule has 0 saturated heterocycles. The zero-order valence-electron chi connectivity index (χ0n) is 14.7. The lowest BCUT2D eigenvalue weighted by molar-refractivity contribution is -0.115. The Morgan fingerprint density at radius 2 is 1.85 bits per heavy atom. The number of nitrogens with zero attached hydrogens (tertiary/aromatic N) is 3. The summed E-state index contributed by atoms with van der Waals surface area (Å²) in [7, 11) is 0. The van der Waals surface area contributed by atoms with Crippen LogP contribution in [0.4, 0.5) is 5.69 Å². The molecule has 0 aliphatic rings. The van der Waals surface area contributed by atoms with Crippen LogP contribution in [0.15, 0.2) is 53.7 Å². The van der Waals surface area contributed by atoms with Crippen molar-refractivity contribution >= 4 is 35.0 Å². The van der Waals surface area contributed by atoms with E-state index in [-0.39, 0.29) is 11.2 Å². The van der Waals surface area contributed by atoms with Crippen LogP contribution in [0.3, 0.4) is 0 Å². The van der Waals surface area contributed by atoms with Gasteiger partial charge in [-0.25, -0.2) is 0 Å². The summed E-state index contributed by atoms with van der Waals surface area (Å²) in [6, 6.07) is 15.3. The third-order valence-electron chi connectivity index (χ3n) is 3.99. The Bertz CT molecular complexity index is 927. The molecule has 134 valence electrons. The largest absolute Gasteiger partial charge is 0.325 e. The second kappa shape index (κ2) is 7.93. The van der Waals surface area contributed by atoms with Gasteiger partial charge in [0, 0.05) is 16.4 Å². The van der Waals surface area contributed by atoms with Gasteiger partial charge in [0.1, 0.15) is 5.82 Å². The normalized spacial score (nSPS) is 12.0. The van der Waals surface area contributed by atoms with E-state index < -0.39 is 0 Å². The molecule has 0 unspecified atom stereocenters. The first-order valence-electron chi connectivity index (χ1n) is 8.17. The number of amides is 1. The fourth-order valence-corrected chi connectivity index (χ4v) is 3.57. The molecule has 5 nitrogen and oxygen atoms in total. The molecule has 0 bridgehead atoms. The van der Waals surface area contributed by atoms with Crippen LogP contribution in [-0.2, 0) is 4.79 Å². The van der Waals surface area contributed by atoms with Crippen LogP contribution in [-0.4, -0.2) is 25.9 Å². The predicted octanol–water partition coefficient (Wildman–Crippen LogP) is 4.66. The maximum absolute atomic E-state index is 12.6. The number of carbonyl (C=O) groups is 1. The minimum atomic E-state index is -0.348. The number of hydrogen-bond acceptors (Lipinski definition) is 4. The first-order chi connectivity index (χ1) is 12.5. The highest BCUT2D eigenvalue weighted by Gasteiger charge is 2.20. The molecule has 7 heteroatoms. The zero-order chi connectivity index (χ0) is 18.7. The van der Waals surface area contributed by atoms with E-state index in [4.69, 9.17) is 11.6 Å². The molecule has 1 heterocycles. The van der Waals surface area contributed by atoms with Crippen molar-refractivity contribution in [1.82, 2.24) is 14.8 Å². The average Bonchev–Trinajstić information content (AvgIpc) is 2.99. The van der Waals surface area contributed by atoms with E-state index in [9.17, 15) is 4.79 Å². The lowest BCUT2D eigenvalue weighted by Crippen LogP contribution is -2.23. The topological polar surface area (TPSA) is 59.8 Å². The lowest BCUT2D eigenvalue weighted by Gasteiger charge is -2.14. The average molecular weight is 387 g/mol. The van der Waals surface area contributed by atoms with E-state index in [0.29, 0.717) is 10.2 Å². The van der Waals surface area contributed by atoms with Crippen molar-refractivity contribution in [2.75, 3.05) is 5.32 Å². The molecule has 26 heavy (non-hydrogen) atoms. The van der Waals surface area contributed by atoms with E-state index in [1.807, 2.05) is 67.8 Å². The molecule has 2 aromatic carbocycles. The summed E-state index contributed by atoms with van der Waals surface area (Å²) in [5, 5.41) is 12.3. The number of benzene rings is 2. The quantitative estimate of drug-likeness (QED) is 0.648. The second-order valence-electron chi connectivity index (χ2n) is 5.86. The molecule has 0 radical (unpaired) electrons. The van der Waals surface area contributed by atoms with Crippen molar-refractivity contribution in [2.45, 2.75) is 31.2 Å². The van der Waals surface area contributed by atoms with E-state index in [2.05, 4.69) is 15.5 Å². The summed E-state index contributed by atoms with van der Waals surface area (Å²) >= 11 is 7.49. The molecular formula is C19H19ClN4OS. The molecule has 1 atom stereocenters. The summed E-state index contributed by atoms with van der Waals surface area (Å²) in [6.07, 6.45) is 0. The molecule has 0 spiro atoms. The van der Waals surface area contributed by atoms with Crippen molar-refractivity contribution < 1.29 is 4.79 Å². The van der Waals surface area contributed by atoms with Gasteiger partial charge in [-0.05, 0) is 50.6 Å². The van der Waals surface area contributed by atoms with Gasteiger partial charge in [-0.3, -0.25) is 9.36 Å². The molecular weight excluding hydrogens is 368 g/mol. The lowest BCUT2D eigenvalue weighted by atomic mass is 10.2. The number of thioether (sulfide) groups is 1. The maximum atomic E-state index is 12.6. The Morgan fingerprint density at radius 3 is 2.58 bits per heavy atom. The highest BCUT2D eigenvalue weighted by Crippen LogP contribution is 2.28. The van der Waals surface area contributed by atoms with Crippen LogP contribution in [0.2, 0.25) is 5.02 Å². The van der Waals surface area contributed by atoms with Crippen LogP contribution in [0.5, 0.6) is 0 Å². The Labute approximate surface area is 161 Å². The summed E-state index contributed by atoms with van der Waals surface area (Å²) < 4.78 is 1.94. The van der Waals surface area contributed by atoms with Gasteiger partial charge in [0.25, 0.3) is 0 Å². The van der Waals surface area contributed by atoms with Gasteiger partial charge in [-0.1, -0.05) is 47.6 Å². The van der Waals surface area contributed by atoms with E-state index in [1.54, 1.807) is 6.07 Å². The fourth-order valence-electron chi connectivity index (χ4n) is 2.48.